The highest BCUT2D eigenvalue weighted by molar-refractivity contribution is 5.46. The molecule has 0 saturated carbocycles. The van der Waals surface area contributed by atoms with Crippen LogP contribution in [0.15, 0.2) is 36.4 Å². The lowest BCUT2D eigenvalue weighted by Crippen LogP contribution is -2.18. The van der Waals surface area contributed by atoms with E-state index >= 15 is 0 Å². The number of aromatic nitrogens is 4. The summed E-state index contributed by atoms with van der Waals surface area (Å²) in [4.78, 5) is 0. The molecule has 1 aromatic carbocycles. The van der Waals surface area contributed by atoms with Crippen molar-refractivity contribution >= 4 is 11.5 Å². The molecule has 0 spiro atoms. The Hall–Kier alpha value is -2.64. The molecular weight excluding hydrogens is 343 g/mol. The number of fused-ring (bicyclic) bond motifs is 1. The number of hydrogen-bond acceptors (Lipinski definition) is 4. The molecule has 0 aliphatic heterocycles. The molecule has 2 aromatic heterocycles. The fourth-order valence-electron chi connectivity index (χ4n) is 2.62. The lowest BCUT2D eigenvalue weighted by atomic mass is 9.96. The van der Waals surface area contributed by atoms with Gasteiger partial charge in [-0.2, -0.15) is 17.7 Å². The number of alkyl halides is 3. The topological polar surface area (TPSA) is 55.1 Å². The Kier molecular flexibility index (Phi) is 4.37. The van der Waals surface area contributed by atoms with E-state index in [1.165, 1.54) is 6.07 Å². The van der Waals surface area contributed by atoms with E-state index in [4.69, 9.17) is 0 Å². The Morgan fingerprint density at radius 3 is 2.42 bits per heavy atom. The van der Waals surface area contributed by atoms with Crippen LogP contribution in [-0.4, -0.2) is 19.8 Å². The normalized spacial score (nSPS) is 13.8. The maximum atomic E-state index is 12.9. The predicted octanol–water partition coefficient (Wildman–Crippen LogP) is 4.61. The smallest absolute Gasteiger partial charge is 0.362 e. The first-order chi connectivity index (χ1) is 12.1. The van der Waals surface area contributed by atoms with Gasteiger partial charge in [0.15, 0.2) is 11.5 Å². The van der Waals surface area contributed by atoms with Crippen LogP contribution < -0.4 is 5.32 Å². The summed E-state index contributed by atoms with van der Waals surface area (Å²) in [7, 11) is 0. The van der Waals surface area contributed by atoms with Gasteiger partial charge in [-0.05, 0) is 36.8 Å². The molecule has 1 unspecified atom stereocenters. The fraction of sp³-hybridized carbons (Fsp3) is 0.389. The molecule has 3 rings (SSSR count). The largest absolute Gasteiger partial charge is 0.416 e. The van der Waals surface area contributed by atoms with Gasteiger partial charge in [-0.3, -0.25) is 0 Å². The van der Waals surface area contributed by atoms with Crippen LogP contribution in [0, 0.1) is 0 Å². The van der Waals surface area contributed by atoms with Crippen molar-refractivity contribution in [3.8, 4) is 0 Å². The predicted molar refractivity (Wildman–Crippen MR) is 93.0 cm³/mol. The zero-order valence-corrected chi connectivity index (χ0v) is 15.0. The number of rotatable bonds is 3. The van der Waals surface area contributed by atoms with Gasteiger partial charge in [0.2, 0.25) is 0 Å². The molecule has 0 amide bonds. The molecular formula is C18H20F3N5. The van der Waals surface area contributed by atoms with Crippen LogP contribution in [0.1, 0.15) is 50.7 Å². The molecule has 5 nitrogen and oxygen atoms in total. The van der Waals surface area contributed by atoms with Crippen molar-refractivity contribution in [3.05, 3.63) is 53.3 Å². The van der Waals surface area contributed by atoms with Crippen LogP contribution in [0.2, 0.25) is 0 Å². The highest BCUT2D eigenvalue weighted by Gasteiger charge is 2.30. The van der Waals surface area contributed by atoms with E-state index < -0.39 is 11.7 Å². The van der Waals surface area contributed by atoms with E-state index in [0.717, 1.165) is 12.1 Å². The number of hydrogen-bond donors (Lipinski definition) is 1. The summed E-state index contributed by atoms with van der Waals surface area (Å²) in [5, 5.41) is 15.9. The molecule has 138 valence electrons. The van der Waals surface area contributed by atoms with Gasteiger partial charge in [-0.25, -0.2) is 0 Å². The Balaban J connectivity index is 1.89. The van der Waals surface area contributed by atoms with Crippen LogP contribution in [0.5, 0.6) is 0 Å². The van der Waals surface area contributed by atoms with Gasteiger partial charge < -0.3 is 5.32 Å². The van der Waals surface area contributed by atoms with Crippen molar-refractivity contribution in [1.29, 1.82) is 0 Å². The van der Waals surface area contributed by atoms with Gasteiger partial charge in [0, 0.05) is 5.41 Å². The summed E-state index contributed by atoms with van der Waals surface area (Å²) in [6, 6.07) is 8.44. The van der Waals surface area contributed by atoms with E-state index in [2.05, 4.69) is 20.6 Å². The van der Waals surface area contributed by atoms with E-state index in [0.29, 0.717) is 22.9 Å². The van der Waals surface area contributed by atoms with Gasteiger partial charge in [-0.15, -0.1) is 15.3 Å². The molecule has 0 saturated heterocycles. The van der Waals surface area contributed by atoms with Gasteiger partial charge in [0.05, 0.1) is 11.6 Å². The lowest BCUT2D eigenvalue weighted by Gasteiger charge is -2.18. The molecule has 3 aromatic rings. The highest BCUT2D eigenvalue weighted by Crippen LogP contribution is 2.31. The fourth-order valence-corrected chi connectivity index (χ4v) is 2.62. The van der Waals surface area contributed by atoms with Gasteiger partial charge in [-0.1, -0.05) is 32.9 Å². The Morgan fingerprint density at radius 1 is 1.04 bits per heavy atom. The first-order valence-electron chi connectivity index (χ1n) is 8.22. The number of anilines is 1. The third-order valence-corrected chi connectivity index (χ3v) is 4.01. The molecule has 0 bridgehead atoms. The number of halogens is 3. The van der Waals surface area contributed by atoms with Crippen LogP contribution in [0.3, 0.4) is 0 Å². The summed E-state index contributed by atoms with van der Waals surface area (Å²) in [5.74, 6) is 1.25. The van der Waals surface area contributed by atoms with Crippen molar-refractivity contribution in [3.63, 3.8) is 0 Å². The van der Waals surface area contributed by atoms with Gasteiger partial charge in [0.1, 0.15) is 5.82 Å². The molecule has 0 radical (unpaired) electrons. The van der Waals surface area contributed by atoms with Crippen molar-refractivity contribution in [2.24, 2.45) is 0 Å². The second-order valence-corrected chi connectivity index (χ2v) is 7.25. The van der Waals surface area contributed by atoms with E-state index in [9.17, 15) is 13.2 Å². The van der Waals surface area contributed by atoms with E-state index in [1.54, 1.807) is 29.6 Å². The summed E-state index contributed by atoms with van der Waals surface area (Å²) >= 11 is 0. The minimum atomic E-state index is -4.36. The number of benzene rings is 1. The maximum absolute atomic E-state index is 12.9. The molecule has 8 heteroatoms. The number of nitrogens with one attached hydrogen (secondary N) is 1. The second-order valence-electron chi connectivity index (χ2n) is 7.25. The quantitative estimate of drug-likeness (QED) is 0.738. The summed E-state index contributed by atoms with van der Waals surface area (Å²) in [6.07, 6.45) is -4.36. The van der Waals surface area contributed by atoms with Crippen LogP contribution in [0.4, 0.5) is 19.0 Å². The van der Waals surface area contributed by atoms with Crippen LogP contribution >= 0.6 is 0 Å². The summed E-state index contributed by atoms with van der Waals surface area (Å²) < 4.78 is 40.4. The summed E-state index contributed by atoms with van der Waals surface area (Å²) in [6.45, 7) is 7.82. The van der Waals surface area contributed by atoms with Crippen molar-refractivity contribution in [2.75, 3.05) is 5.32 Å². The average Bonchev–Trinajstić information content (AvgIpc) is 2.97. The first-order valence-corrected chi connectivity index (χ1v) is 8.22. The molecule has 0 aliphatic carbocycles. The molecule has 26 heavy (non-hydrogen) atoms. The average molecular weight is 363 g/mol. The molecule has 1 N–H and O–H groups in total. The van der Waals surface area contributed by atoms with Crippen molar-refractivity contribution in [2.45, 2.75) is 45.3 Å². The Labute approximate surface area is 149 Å². The zero-order valence-electron chi connectivity index (χ0n) is 15.0. The van der Waals surface area contributed by atoms with E-state index in [1.807, 2.05) is 20.8 Å². The molecule has 2 heterocycles. The van der Waals surface area contributed by atoms with Crippen molar-refractivity contribution in [1.82, 2.24) is 19.8 Å². The van der Waals surface area contributed by atoms with E-state index in [-0.39, 0.29) is 11.5 Å². The minimum absolute atomic E-state index is 0.238. The van der Waals surface area contributed by atoms with Crippen molar-refractivity contribution < 1.29 is 13.2 Å². The van der Waals surface area contributed by atoms with Crippen LogP contribution in [0.25, 0.3) is 5.65 Å². The third kappa shape index (κ3) is 3.63. The molecule has 0 aliphatic rings. The highest BCUT2D eigenvalue weighted by atomic mass is 19.4. The monoisotopic (exact) mass is 363 g/mol. The lowest BCUT2D eigenvalue weighted by molar-refractivity contribution is -0.137. The Bertz CT molecular complexity index is 924. The second kappa shape index (κ2) is 6.26. The van der Waals surface area contributed by atoms with Gasteiger partial charge >= 0.3 is 6.18 Å². The zero-order chi connectivity index (χ0) is 19.1. The van der Waals surface area contributed by atoms with Gasteiger partial charge in [0.25, 0.3) is 0 Å². The SMILES string of the molecule is CC(Nc1ccc2nnc(C(C)(C)C)n2n1)c1cccc(C(F)(F)F)c1. The minimum Gasteiger partial charge on any atom is -0.362 e. The number of nitrogens with zero attached hydrogens (tertiary/aromatic N) is 4. The maximum Gasteiger partial charge on any atom is 0.416 e. The van der Waals surface area contributed by atoms with Crippen LogP contribution in [-0.2, 0) is 11.6 Å². The molecule has 1 atom stereocenters. The first kappa shape index (κ1) is 18.2. The Morgan fingerprint density at radius 2 is 1.77 bits per heavy atom. The third-order valence-electron chi connectivity index (χ3n) is 4.01. The summed E-state index contributed by atoms with van der Waals surface area (Å²) in [5.41, 5.74) is 0.243. The standard InChI is InChI=1S/C18H20F3N5/c1-11(12-6-5-7-13(10-12)18(19,20)21)22-14-8-9-15-23-24-16(17(2,3)4)26(15)25-14/h5-11H,1-4H3,(H,22,25). The molecule has 0 fully saturated rings.